The van der Waals surface area contributed by atoms with E-state index in [4.69, 9.17) is 4.74 Å². The number of H-pyrrole nitrogens is 1. The highest BCUT2D eigenvalue weighted by Crippen LogP contribution is 2.34. The fourth-order valence-corrected chi connectivity index (χ4v) is 2.91. The lowest BCUT2D eigenvalue weighted by Crippen LogP contribution is -2.06. The average Bonchev–Trinajstić information content (AvgIpc) is 2.96. The van der Waals surface area contributed by atoms with Crippen molar-refractivity contribution in [1.82, 2.24) is 4.98 Å². The van der Waals surface area contributed by atoms with E-state index in [1.807, 2.05) is 42.6 Å². The van der Waals surface area contributed by atoms with E-state index < -0.39 is 0 Å². The standard InChI is InChI=1S/C19H19NO2/c1-13(21)11-17(14-7-9-15(22-2)10-8-14)18-12-20-19-6-4-3-5-16(18)19/h3-10,12,17,20H,11H2,1-2H3. The molecule has 0 aliphatic heterocycles. The molecule has 112 valence electrons. The Kier molecular flexibility index (Phi) is 3.96. The van der Waals surface area contributed by atoms with E-state index in [-0.39, 0.29) is 11.7 Å². The predicted octanol–water partition coefficient (Wildman–Crippen LogP) is 4.29. The minimum absolute atomic E-state index is 0.0551. The number of nitrogens with one attached hydrogen (secondary N) is 1. The first-order valence-electron chi connectivity index (χ1n) is 7.38. The topological polar surface area (TPSA) is 42.1 Å². The highest BCUT2D eigenvalue weighted by molar-refractivity contribution is 5.85. The number of carbonyl (C=O) groups excluding carboxylic acids is 1. The van der Waals surface area contributed by atoms with Crippen molar-refractivity contribution in [3.63, 3.8) is 0 Å². The molecule has 2 aromatic carbocycles. The number of Topliss-reactive ketones (excluding diaryl/α,β-unsaturated/α-hetero) is 1. The van der Waals surface area contributed by atoms with Crippen molar-refractivity contribution in [3.05, 3.63) is 65.9 Å². The van der Waals surface area contributed by atoms with Crippen molar-refractivity contribution < 1.29 is 9.53 Å². The zero-order valence-electron chi connectivity index (χ0n) is 12.8. The van der Waals surface area contributed by atoms with E-state index in [1.165, 1.54) is 5.39 Å². The van der Waals surface area contributed by atoms with Crippen LogP contribution in [0.15, 0.2) is 54.7 Å². The number of ketones is 1. The number of ether oxygens (including phenoxy) is 1. The third kappa shape index (κ3) is 2.75. The van der Waals surface area contributed by atoms with Crippen molar-refractivity contribution in [2.75, 3.05) is 7.11 Å². The molecule has 1 aromatic heterocycles. The largest absolute Gasteiger partial charge is 0.497 e. The van der Waals surface area contributed by atoms with Crippen molar-refractivity contribution in [1.29, 1.82) is 0 Å². The average molecular weight is 293 g/mol. The molecule has 0 saturated heterocycles. The number of benzene rings is 2. The summed E-state index contributed by atoms with van der Waals surface area (Å²) in [6.45, 7) is 1.64. The Morgan fingerprint density at radius 3 is 2.55 bits per heavy atom. The molecule has 3 aromatic rings. The van der Waals surface area contributed by atoms with E-state index in [0.29, 0.717) is 6.42 Å². The van der Waals surface area contributed by atoms with Gasteiger partial charge in [-0.05, 0) is 36.2 Å². The van der Waals surface area contributed by atoms with Crippen LogP contribution in [0.4, 0.5) is 0 Å². The van der Waals surface area contributed by atoms with Gasteiger partial charge in [0.1, 0.15) is 11.5 Å². The van der Waals surface area contributed by atoms with Crippen LogP contribution < -0.4 is 4.74 Å². The van der Waals surface area contributed by atoms with Crippen LogP contribution in [0.2, 0.25) is 0 Å². The predicted molar refractivity (Wildman–Crippen MR) is 88.4 cm³/mol. The van der Waals surface area contributed by atoms with Crippen LogP contribution in [0.5, 0.6) is 5.75 Å². The summed E-state index contributed by atoms with van der Waals surface area (Å²) in [5, 5.41) is 1.17. The summed E-state index contributed by atoms with van der Waals surface area (Å²) in [6.07, 6.45) is 2.51. The molecule has 3 heteroatoms. The summed E-state index contributed by atoms with van der Waals surface area (Å²) in [5.41, 5.74) is 3.39. The Bertz CT molecular complexity index is 787. The summed E-state index contributed by atoms with van der Waals surface area (Å²) < 4.78 is 5.22. The lowest BCUT2D eigenvalue weighted by molar-refractivity contribution is -0.117. The van der Waals surface area contributed by atoms with Gasteiger partial charge in [-0.3, -0.25) is 4.79 Å². The van der Waals surface area contributed by atoms with Crippen LogP contribution >= 0.6 is 0 Å². The van der Waals surface area contributed by atoms with E-state index in [2.05, 4.69) is 17.1 Å². The number of hydrogen-bond acceptors (Lipinski definition) is 2. The van der Waals surface area contributed by atoms with Gasteiger partial charge in [0.25, 0.3) is 0 Å². The lowest BCUT2D eigenvalue weighted by atomic mass is 9.87. The van der Waals surface area contributed by atoms with Crippen molar-refractivity contribution in [2.24, 2.45) is 0 Å². The number of aromatic amines is 1. The summed E-state index contributed by atoms with van der Waals surface area (Å²) in [7, 11) is 1.65. The second-order valence-electron chi connectivity index (χ2n) is 5.52. The van der Waals surface area contributed by atoms with Crippen LogP contribution in [0.25, 0.3) is 10.9 Å². The number of hydrogen-bond donors (Lipinski definition) is 1. The van der Waals surface area contributed by atoms with Crippen LogP contribution in [0, 0.1) is 0 Å². The molecular formula is C19H19NO2. The fraction of sp³-hybridized carbons (Fsp3) is 0.211. The van der Waals surface area contributed by atoms with Crippen LogP contribution in [-0.4, -0.2) is 17.9 Å². The maximum atomic E-state index is 11.7. The molecule has 3 nitrogen and oxygen atoms in total. The van der Waals surface area contributed by atoms with Gasteiger partial charge in [-0.2, -0.15) is 0 Å². The molecule has 0 saturated carbocycles. The van der Waals surface area contributed by atoms with Gasteiger partial charge < -0.3 is 9.72 Å². The molecule has 1 atom stereocenters. The SMILES string of the molecule is COc1ccc(C(CC(C)=O)c2c[nH]c3ccccc23)cc1. The first-order valence-corrected chi connectivity index (χ1v) is 7.38. The Balaban J connectivity index is 2.07. The number of fused-ring (bicyclic) bond motifs is 1. The molecule has 1 heterocycles. The summed E-state index contributed by atoms with van der Waals surface area (Å²) in [4.78, 5) is 15.0. The minimum atomic E-state index is 0.0551. The zero-order chi connectivity index (χ0) is 15.5. The third-order valence-corrected chi connectivity index (χ3v) is 4.01. The first-order chi connectivity index (χ1) is 10.7. The number of aromatic nitrogens is 1. The van der Waals surface area contributed by atoms with Gasteiger partial charge in [0.2, 0.25) is 0 Å². The van der Waals surface area contributed by atoms with Gasteiger partial charge in [-0.1, -0.05) is 30.3 Å². The van der Waals surface area contributed by atoms with E-state index >= 15 is 0 Å². The van der Waals surface area contributed by atoms with Gasteiger partial charge in [0, 0.05) is 29.4 Å². The Labute approximate surface area is 129 Å². The quantitative estimate of drug-likeness (QED) is 0.762. The molecule has 3 rings (SSSR count). The number of rotatable bonds is 5. The van der Waals surface area contributed by atoms with Gasteiger partial charge in [-0.25, -0.2) is 0 Å². The Morgan fingerprint density at radius 2 is 1.86 bits per heavy atom. The Morgan fingerprint density at radius 1 is 1.14 bits per heavy atom. The molecule has 0 fully saturated rings. The molecule has 22 heavy (non-hydrogen) atoms. The fourth-order valence-electron chi connectivity index (χ4n) is 2.91. The molecule has 0 spiro atoms. The maximum Gasteiger partial charge on any atom is 0.130 e. The molecular weight excluding hydrogens is 274 g/mol. The van der Waals surface area contributed by atoms with Crippen LogP contribution in [0.3, 0.4) is 0 Å². The number of methoxy groups -OCH3 is 1. The zero-order valence-corrected chi connectivity index (χ0v) is 12.8. The van der Waals surface area contributed by atoms with Gasteiger partial charge >= 0.3 is 0 Å². The molecule has 0 bridgehead atoms. The van der Waals surface area contributed by atoms with Crippen LogP contribution in [0.1, 0.15) is 30.4 Å². The normalized spacial score (nSPS) is 12.3. The maximum absolute atomic E-state index is 11.7. The van der Waals surface area contributed by atoms with Gasteiger partial charge in [-0.15, -0.1) is 0 Å². The molecule has 0 radical (unpaired) electrons. The van der Waals surface area contributed by atoms with E-state index in [9.17, 15) is 4.79 Å². The summed E-state index contributed by atoms with van der Waals surface area (Å²) >= 11 is 0. The monoisotopic (exact) mass is 293 g/mol. The summed E-state index contributed by atoms with van der Waals surface area (Å²) in [5.74, 6) is 1.06. The van der Waals surface area contributed by atoms with Crippen LogP contribution in [-0.2, 0) is 4.79 Å². The number of para-hydroxylation sites is 1. The molecule has 1 unspecified atom stereocenters. The molecule has 0 aliphatic carbocycles. The van der Waals surface area contributed by atoms with Gasteiger partial charge in [0.15, 0.2) is 0 Å². The lowest BCUT2D eigenvalue weighted by Gasteiger charge is -2.16. The molecule has 0 aliphatic rings. The second-order valence-corrected chi connectivity index (χ2v) is 5.52. The first kappa shape index (κ1) is 14.4. The van der Waals surface area contributed by atoms with Crippen molar-refractivity contribution in [3.8, 4) is 5.75 Å². The molecule has 1 N–H and O–H groups in total. The Hall–Kier alpha value is -2.55. The second kappa shape index (κ2) is 6.06. The van der Waals surface area contributed by atoms with E-state index in [1.54, 1.807) is 14.0 Å². The third-order valence-electron chi connectivity index (χ3n) is 4.01. The van der Waals surface area contributed by atoms with Gasteiger partial charge in [0.05, 0.1) is 7.11 Å². The van der Waals surface area contributed by atoms with E-state index in [0.717, 1.165) is 22.4 Å². The highest BCUT2D eigenvalue weighted by atomic mass is 16.5. The minimum Gasteiger partial charge on any atom is -0.497 e. The number of carbonyl (C=O) groups is 1. The highest BCUT2D eigenvalue weighted by Gasteiger charge is 2.19. The van der Waals surface area contributed by atoms with Crippen molar-refractivity contribution in [2.45, 2.75) is 19.3 Å². The summed E-state index contributed by atoms with van der Waals surface area (Å²) in [6, 6.07) is 16.1. The molecule has 0 amide bonds. The smallest absolute Gasteiger partial charge is 0.130 e. The van der Waals surface area contributed by atoms with Crippen molar-refractivity contribution >= 4 is 16.7 Å².